The molecule has 0 atom stereocenters. The molecule has 0 aromatic heterocycles. The van der Waals surface area contributed by atoms with Crippen molar-refractivity contribution < 1.29 is 23.5 Å². The summed E-state index contributed by atoms with van der Waals surface area (Å²) in [6, 6.07) is 23.3. The first-order valence-corrected chi connectivity index (χ1v) is 12.9. The molecule has 0 spiro atoms. The van der Waals surface area contributed by atoms with Crippen LogP contribution in [0.3, 0.4) is 0 Å². The standard InChI is InChI=1S/C30H24BrFN2O4/c1-2-37-27-16-20(15-26-29(35)34(30(36)33-26)17-23-9-5-6-10-25(23)32)14-24(31)28(27)38-18-19-11-12-21-7-3-4-8-22(21)13-19/h3-16H,2,17-18H2,1H3,(H,33,36)/b26-15+. The highest BCUT2D eigenvalue weighted by Gasteiger charge is 2.34. The molecule has 4 aromatic carbocycles. The highest BCUT2D eigenvalue weighted by molar-refractivity contribution is 9.10. The van der Waals surface area contributed by atoms with Crippen molar-refractivity contribution in [3.63, 3.8) is 0 Å². The normalized spacial score (nSPS) is 14.3. The fourth-order valence-electron chi connectivity index (χ4n) is 4.24. The van der Waals surface area contributed by atoms with E-state index in [-0.39, 0.29) is 17.8 Å². The van der Waals surface area contributed by atoms with Crippen LogP contribution in [0, 0.1) is 5.82 Å². The number of nitrogens with zero attached hydrogens (tertiary/aromatic N) is 1. The lowest BCUT2D eigenvalue weighted by molar-refractivity contribution is -0.123. The molecule has 0 saturated carbocycles. The van der Waals surface area contributed by atoms with Crippen molar-refractivity contribution in [2.45, 2.75) is 20.1 Å². The third-order valence-electron chi connectivity index (χ3n) is 6.09. The average molecular weight is 575 g/mol. The minimum Gasteiger partial charge on any atom is -0.490 e. The fourth-order valence-corrected chi connectivity index (χ4v) is 4.81. The van der Waals surface area contributed by atoms with E-state index in [4.69, 9.17) is 9.47 Å². The molecule has 192 valence electrons. The first-order valence-electron chi connectivity index (χ1n) is 12.1. The van der Waals surface area contributed by atoms with Gasteiger partial charge in [-0.15, -0.1) is 0 Å². The molecule has 5 rings (SSSR count). The monoisotopic (exact) mass is 574 g/mol. The van der Waals surface area contributed by atoms with Crippen LogP contribution >= 0.6 is 15.9 Å². The number of carbonyl (C=O) groups is 2. The van der Waals surface area contributed by atoms with Gasteiger partial charge in [0.05, 0.1) is 17.6 Å². The number of benzene rings is 4. The van der Waals surface area contributed by atoms with Gasteiger partial charge in [0, 0.05) is 5.56 Å². The van der Waals surface area contributed by atoms with Gasteiger partial charge in [0.2, 0.25) is 0 Å². The van der Waals surface area contributed by atoms with Crippen LogP contribution in [-0.2, 0) is 17.9 Å². The minimum absolute atomic E-state index is 0.0884. The van der Waals surface area contributed by atoms with Gasteiger partial charge in [0.15, 0.2) is 11.5 Å². The average Bonchev–Trinajstić information content (AvgIpc) is 3.16. The number of amides is 3. The maximum atomic E-state index is 14.1. The lowest BCUT2D eigenvalue weighted by Crippen LogP contribution is -2.30. The van der Waals surface area contributed by atoms with Gasteiger partial charge in [-0.2, -0.15) is 0 Å². The van der Waals surface area contributed by atoms with E-state index in [1.165, 1.54) is 6.07 Å². The summed E-state index contributed by atoms with van der Waals surface area (Å²) < 4.78 is 26.7. The maximum Gasteiger partial charge on any atom is 0.329 e. The number of hydrogen-bond donors (Lipinski definition) is 1. The Kier molecular flexibility index (Phi) is 7.42. The number of hydrogen-bond acceptors (Lipinski definition) is 4. The predicted octanol–water partition coefficient (Wildman–Crippen LogP) is 6.81. The number of ether oxygens (including phenoxy) is 2. The van der Waals surface area contributed by atoms with E-state index in [0.717, 1.165) is 21.2 Å². The Morgan fingerprint density at radius 2 is 1.71 bits per heavy atom. The highest BCUT2D eigenvalue weighted by Crippen LogP contribution is 2.38. The van der Waals surface area contributed by atoms with Gasteiger partial charge in [-0.05, 0) is 75.1 Å². The lowest BCUT2D eigenvalue weighted by atomic mass is 10.1. The van der Waals surface area contributed by atoms with E-state index in [0.29, 0.717) is 34.7 Å². The molecule has 0 bridgehead atoms. The second-order valence-corrected chi connectivity index (χ2v) is 9.56. The molecular weight excluding hydrogens is 551 g/mol. The van der Waals surface area contributed by atoms with Crippen LogP contribution in [0.25, 0.3) is 16.8 Å². The van der Waals surface area contributed by atoms with Crippen molar-refractivity contribution in [1.29, 1.82) is 0 Å². The summed E-state index contributed by atoms with van der Waals surface area (Å²) >= 11 is 3.56. The Morgan fingerprint density at radius 1 is 0.947 bits per heavy atom. The number of rotatable bonds is 8. The molecular formula is C30H24BrFN2O4. The molecule has 4 aromatic rings. The van der Waals surface area contributed by atoms with E-state index >= 15 is 0 Å². The highest BCUT2D eigenvalue weighted by atomic mass is 79.9. The summed E-state index contributed by atoms with van der Waals surface area (Å²) in [7, 11) is 0. The molecule has 1 fully saturated rings. The van der Waals surface area contributed by atoms with Crippen LogP contribution in [-0.4, -0.2) is 23.4 Å². The third-order valence-corrected chi connectivity index (χ3v) is 6.68. The molecule has 0 unspecified atom stereocenters. The SMILES string of the molecule is CCOc1cc(/C=C2/NC(=O)N(Cc3ccccc3F)C2=O)cc(Br)c1OCc1ccc2ccccc2c1. The Hall–Kier alpha value is -4.17. The zero-order chi connectivity index (χ0) is 26.6. The maximum absolute atomic E-state index is 14.1. The van der Waals surface area contributed by atoms with E-state index in [9.17, 15) is 14.0 Å². The summed E-state index contributed by atoms with van der Waals surface area (Å²) in [6.07, 6.45) is 1.56. The predicted molar refractivity (Wildman–Crippen MR) is 147 cm³/mol. The van der Waals surface area contributed by atoms with Gasteiger partial charge in [0.1, 0.15) is 18.1 Å². The molecule has 8 heteroatoms. The second kappa shape index (κ2) is 11.1. The zero-order valence-electron chi connectivity index (χ0n) is 20.5. The smallest absolute Gasteiger partial charge is 0.329 e. The van der Waals surface area contributed by atoms with Crippen molar-refractivity contribution in [1.82, 2.24) is 10.2 Å². The van der Waals surface area contributed by atoms with Crippen molar-refractivity contribution in [2.24, 2.45) is 0 Å². The second-order valence-electron chi connectivity index (χ2n) is 8.70. The summed E-state index contributed by atoms with van der Waals surface area (Å²) in [5.41, 5.74) is 1.98. The van der Waals surface area contributed by atoms with Crippen LogP contribution in [0.1, 0.15) is 23.6 Å². The van der Waals surface area contributed by atoms with Crippen molar-refractivity contribution in [3.05, 3.63) is 112 Å². The summed E-state index contributed by atoms with van der Waals surface area (Å²) in [5, 5.41) is 4.87. The van der Waals surface area contributed by atoms with Crippen molar-refractivity contribution in [3.8, 4) is 11.5 Å². The van der Waals surface area contributed by atoms with Crippen LogP contribution in [0.15, 0.2) is 89.0 Å². The molecule has 1 heterocycles. The molecule has 1 saturated heterocycles. The first kappa shape index (κ1) is 25.5. The molecule has 1 aliphatic rings. The summed E-state index contributed by atoms with van der Waals surface area (Å²) in [6.45, 7) is 2.45. The van der Waals surface area contributed by atoms with E-state index < -0.39 is 17.8 Å². The number of fused-ring (bicyclic) bond motifs is 1. The Morgan fingerprint density at radius 3 is 2.50 bits per heavy atom. The topological polar surface area (TPSA) is 67.9 Å². The minimum atomic E-state index is -0.607. The first-order chi connectivity index (χ1) is 18.4. The molecule has 0 aliphatic carbocycles. The number of nitrogens with one attached hydrogen (secondary N) is 1. The molecule has 1 aliphatic heterocycles. The quantitative estimate of drug-likeness (QED) is 0.185. The molecule has 1 N–H and O–H groups in total. The van der Waals surface area contributed by atoms with Crippen molar-refractivity contribution >= 4 is 44.7 Å². The molecule has 3 amide bonds. The van der Waals surface area contributed by atoms with Gasteiger partial charge >= 0.3 is 6.03 Å². The van der Waals surface area contributed by atoms with Gasteiger partial charge < -0.3 is 14.8 Å². The van der Waals surface area contributed by atoms with Gasteiger partial charge in [-0.25, -0.2) is 9.18 Å². The van der Waals surface area contributed by atoms with E-state index in [2.05, 4.69) is 45.5 Å². The van der Waals surface area contributed by atoms with Crippen LogP contribution in [0.5, 0.6) is 11.5 Å². The number of halogens is 2. The third kappa shape index (κ3) is 5.40. The fraction of sp³-hybridized carbons (Fsp3) is 0.133. The summed E-state index contributed by atoms with van der Waals surface area (Å²) in [5.74, 6) is 0.0127. The van der Waals surface area contributed by atoms with Crippen molar-refractivity contribution in [2.75, 3.05) is 6.61 Å². The number of imide groups is 1. The molecule has 38 heavy (non-hydrogen) atoms. The van der Waals surface area contributed by atoms with Gasteiger partial charge in [0.25, 0.3) is 5.91 Å². The summed E-state index contributed by atoms with van der Waals surface area (Å²) in [4.78, 5) is 26.4. The zero-order valence-corrected chi connectivity index (χ0v) is 22.1. The molecule has 0 radical (unpaired) electrons. The van der Waals surface area contributed by atoms with E-state index in [1.807, 2.05) is 25.1 Å². The Labute approximate surface area is 227 Å². The van der Waals surface area contributed by atoms with Gasteiger partial charge in [-0.3, -0.25) is 9.69 Å². The Bertz CT molecular complexity index is 1570. The number of urea groups is 1. The van der Waals surface area contributed by atoms with Crippen LogP contribution < -0.4 is 14.8 Å². The molecule has 6 nitrogen and oxygen atoms in total. The van der Waals surface area contributed by atoms with Crippen LogP contribution in [0.4, 0.5) is 9.18 Å². The Balaban J connectivity index is 1.36. The van der Waals surface area contributed by atoms with Crippen LogP contribution in [0.2, 0.25) is 0 Å². The van der Waals surface area contributed by atoms with Gasteiger partial charge in [-0.1, -0.05) is 54.6 Å². The lowest BCUT2D eigenvalue weighted by Gasteiger charge is -2.15. The van der Waals surface area contributed by atoms with E-state index in [1.54, 1.807) is 36.4 Å². The largest absolute Gasteiger partial charge is 0.490 e. The number of carbonyl (C=O) groups excluding carboxylic acids is 2.